The Morgan fingerprint density at radius 1 is 1.50 bits per heavy atom. The average Bonchev–Trinajstić information content (AvgIpc) is 3.14. The highest BCUT2D eigenvalue weighted by Crippen LogP contribution is 2.31. The van der Waals surface area contributed by atoms with E-state index in [-0.39, 0.29) is 9.77 Å². The van der Waals surface area contributed by atoms with Gasteiger partial charge >= 0.3 is 5.97 Å². The Bertz CT molecular complexity index is 596. The van der Waals surface area contributed by atoms with Crippen LogP contribution in [0.5, 0.6) is 0 Å². The van der Waals surface area contributed by atoms with E-state index in [1.165, 1.54) is 13.2 Å². The van der Waals surface area contributed by atoms with Crippen molar-refractivity contribution in [3.8, 4) is 0 Å². The number of hydrogen-bond donors (Lipinski definition) is 2. The van der Waals surface area contributed by atoms with E-state index in [0.29, 0.717) is 22.9 Å². The van der Waals surface area contributed by atoms with E-state index in [9.17, 15) is 13.2 Å². The number of methoxy groups -OCH3 is 1. The zero-order valence-corrected chi connectivity index (χ0v) is 14.0. The fourth-order valence-electron chi connectivity index (χ4n) is 1.56. The van der Waals surface area contributed by atoms with Crippen LogP contribution in [0.15, 0.2) is 14.7 Å². The first kappa shape index (κ1) is 15.9. The Morgan fingerprint density at radius 2 is 2.20 bits per heavy atom. The number of esters is 1. The summed E-state index contributed by atoms with van der Waals surface area (Å²) < 4.78 is 31.7. The third kappa shape index (κ3) is 4.01. The number of rotatable bonds is 7. The van der Waals surface area contributed by atoms with Gasteiger partial charge in [0, 0.05) is 19.1 Å². The molecule has 0 atom stereocenters. The van der Waals surface area contributed by atoms with E-state index >= 15 is 0 Å². The van der Waals surface area contributed by atoms with Crippen LogP contribution in [0.4, 0.5) is 0 Å². The second kappa shape index (κ2) is 6.52. The molecule has 0 aromatic carbocycles. The second-order valence-corrected chi connectivity index (χ2v) is 8.47. The molecule has 0 saturated heterocycles. The van der Waals surface area contributed by atoms with Crippen molar-refractivity contribution in [3.63, 3.8) is 0 Å². The largest absolute Gasteiger partial charge is 0.465 e. The van der Waals surface area contributed by atoms with Gasteiger partial charge in [0.2, 0.25) is 10.0 Å². The lowest BCUT2D eigenvalue weighted by Crippen LogP contribution is -2.32. The molecule has 1 fully saturated rings. The normalized spacial score (nSPS) is 15.3. The number of ether oxygens (including phenoxy) is 1. The first-order valence-corrected chi connectivity index (χ1v) is 9.14. The van der Waals surface area contributed by atoms with Crippen molar-refractivity contribution in [2.75, 3.05) is 20.2 Å². The quantitative estimate of drug-likeness (QED) is 0.548. The molecule has 2 rings (SSSR count). The maximum absolute atomic E-state index is 12.1. The van der Waals surface area contributed by atoms with Crippen molar-refractivity contribution in [3.05, 3.63) is 14.7 Å². The van der Waals surface area contributed by atoms with E-state index in [4.69, 9.17) is 0 Å². The zero-order chi connectivity index (χ0) is 14.8. The van der Waals surface area contributed by atoms with Crippen molar-refractivity contribution < 1.29 is 17.9 Å². The number of carbonyl (C=O) groups is 1. The van der Waals surface area contributed by atoms with Gasteiger partial charge in [-0.05, 0) is 34.8 Å². The molecule has 0 amide bonds. The molecule has 0 aliphatic heterocycles. The number of nitrogens with one attached hydrogen (secondary N) is 2. The molecule has 6 nitrogen and oxygen atoms in total. The summed E-state index contributed by atoms with van der Waals surface area (Å²) >= 11 is 4.20. The molecule has 0 radical (unpaired) electrons. The van der Waals surface area contributed by atoms with E-state index in [1.807, 2.05) is 0 Å². The minimum atomic E-state index is -3.62. The van der Waals surface area contributed by atoms with Crippen LogP contribution >= 0.6 is 27.3 Å². The van der Waals surface area contributed by atoms with Gasteiger partial charge in [0.25, 0.3) is 0 Å². The van der Waals surface area contributed by atoms with Gasteiger partial charge < -0.3 is 10.1 Å². The van der Waals surface area contributed by atoms with E-state index in [1.54, 1.807) is 0 Å². The van der Waals surface area contributed by atoms with Gasteiger partial charge in [-0.1, -0.05) is 0 Å². The van der Waals surface area contributed by atoms with Crippen LogP contribution in [-0.2, 0) is 14.8 Å². The average molecular weight is 383 g/mol. The number of halogens is 1. The summed E-state index contributed by atoms with van der Waals surface area (Å²) in [5.41, 5.74) is 0. The van der Waals surface area contributed by atoms with E-state index < -0.39 is 16.0 Å². The Hall–Kier alpha value is -0.480. The standard InChI is InChI=1S/C11H15BrN2O4S2/c1-18-11(15)8-6-9(10(12)19-8)20(16,17)14-5-4-13-7-2-3-7/h6-7,13-14H,2-5H2,1H3. The SMILES string of the molecule is COC(=O)c1cc(S(=O)(=O)NCCNC2CC2)c(Br)s1. The highest BCUT2D eigenvalue weighted by molar-refractivity contribution is 9.11. The second-order valence-electron chi connectivity index (χ2n) is 4.37. The predicted octanol–water partition coefficient (Wildman–Crippen LogP) is 1.33. The Morgan fingerprint density at radius 3 is 2.80 bits per heavy atom. The smallest absolute Gasteiger partial charge is 0.348 e. The molecule has 9 heteroatoms. The van der Waals surface area contributed by atoms with Crippen LogP contribution in [0.3, 0.4) is 0 Å². The molecule has 1 saturated carbocycles. The van der Waals surface area contributed by atoms with Gasteiger partial charge in [-0.3, -0.25) is 0 Å². The molecule has 0 spiro atoms. The maximum atomic E-state index is 12.1. The number of sulfonamides is 1. The minimum Gasteiger partial charge on any atom is -0.465 e. The first-order valence-electron chi connectivity index (χ1n) is 6.04. The Balaban J connectivity index is 2.00. The van der Waals surface area contributed by atoms with Crippen molar-refractivity contribution in [2.24, 2.45) is 0 Å². The van der Waals surface area contributed by atoms with E-state index in [2.05, 4.69) is 30.7 Å². The number of carbonyl (C=O) groups excluding carboxylic acids is 1. The maximum Gasteiger partial charge on any atom is 0.348 e. The summed E-state index contributed by atoms with van der Waals surface area (Å²) in [5, 5.41) is 3.22. The molecule has 1 heterocycles. The summed E-state index contributed by atoms with van der Waals surface area (Å²) in [6.45, 7) is 0.907. The number of hydrogen-bond acceptors (Lipinski definition) is 6. The Labute approximate surface area is 130 Å². The van der Waals surface area contributed by atoms with E-state index in [0.717, 1.165) is 24.2 Å². The third-order valence-electron chi connectivity index (χ3n) is 2.76. The third-order valence-corrected chi connectivity index (χ3v) is 6.45. The summed E-state index contributed by atoms with van der Waals surface area (Å²) in [6.07, 6.45) is 2.32. The molecule has 1 aromatic rings. The monoisotopic (exact) mass is 382 g/mol. The van der Waals surface area contributed by atoms with Crippen molar-refractivity contribution in [1.29, 1.82) is 0 Å². The summed E-state index contributed by atoms with van der Waals surface area (Å²) in [5.74, 6) is -0.549. The molecule has 20 heavy (non-hydrogen) atoms. The van der Waals surface area contributed by atoms with Crippen molar-refractivity contribution in [2.45, 2.75) is 23.8 Å². The molecular formula is C11H15BrN2O4S2. The molecular weight excluding hydrogens is 368 g/mol. The van der Waals surface area contributed by atoms with Gasteiger partial charge in [0.1, 0.15) is 9.77 Å². The van der Waals surface area contributed by atoms with Crippen LogP contribution in [0.1, 0.15) is 22.5 Å². The van der Waals surface area contributed by atoms with Crippen LogP contribution < -0.4 is 10.0 Å². The zero-order valence-electron chi connectivity index (χ0n) is 10.8. The first-order chi connectivity index (χ1) is 9.44. The summed E-state index contributed by atoms with van der Waals surface area (Å²) in [7, 11) is -2.37. The molecule has 2 N–H and O–H groups in total. The molecule has 1 aliphatic carbocycles. The molecule has 1 aromatic heterocycles. The number of thiophene rings is 1. The topological polar surface area (TPSA) is 84.5 Å². The van der Waals surface area contributed by atoms with Gasteiger partial charge in [0.05, 0.1) is 10.9 Å². The lowest BCUT2D eigenvalue weighted by Gasteiger charge is -2.06. The highest BCUT2D eigenvalue weighted by Gasteiger charge is 2.24. The fraction of sp³-hybridized carbons (Fsp3) is 0.545. The Kier molecular flexibility index (Phi) is 5.19. The van der Waals surface area contributed by atoms with Gasteiger partial charge in [-0.15, -0.1) is 11.3 Å². The van der Waals surface area contributed by atoms with Crippen LogP contribution in [0, 0.1) is 0 Å². The van der Waals surface area contributed by atoms with Crippen LogP contribution in [0.25, 0.3) is 0 Å². The minimum absolute atomic E-state index is 0.0642. The molecule has 112 valence electrons. The van der Waals surface area contributed by atoms with Crippen molar-refractivity contribution >= 4 is 43.3 Å². The van der Waals surface area contributed by atoms with Gasteiger partial charge in [-0.2, -0.15) is 0 Å². The van der Waals surface area contributed by atoms with Gasteiger partial charge in [0.15, 0.2) is 0 Å². The summed E-state index contributed by atoms with van der Waals surface area (Å²) in [6, 6.07) is 1.86. The van der Waals surface area contributed by atoms with Crippen molar-refractivity contribution in [1.82, 2.24) is 10.0 Å². The van der Waals surface area contributed by atoms with Crippen LogP contribution in [0.2, 0.25) is 0 Å². The predicted molar refractivity (Wildman–Crippen MR) is 79.6 cm³/mol. The molecule has 0 unspecified atom stereocenters. The lowest BCUT2D eigenvalue weighted by atomic mass is 10.5. The summed E-state index contributed by atoms with van der Waals surface area (Å²) in [4.78, 5) is 11.7. The molecule has 1 aliphatic rings. The van der Waals surface area contributed by atoms with Crippen LogP contribution in [-0.4, -0.2) is 40.6 Å². The molecule has 0 bridgehead atoms. The fourth-order valence-corrected chi connectivity index (χ4v) is 5.08. The lowest BCUT2D eigenvalue weighted by molar-refractivity contribution is 0.0606. The highest BCUT2D eigenvalue weighted by atomic mass is 79.9. The van der Waals surface area contributed by atoms with Gasteiger partial charge in [-0.25, -0.2) is 17.9 Å².